The van der Waals surface area contributed by atoms with Gasteiger partial charge in [0, 0.05) is 0 Å². The molecule has 0 amide bonds. The summed E-state index contributed by atoms with van der Waals surface area (Å²) < 4.78 is 5.68. The number of rotatable bonds is 8. The van der Waals surface area contributed by atoms with Crippen LogP contribution in [0.4, 0.5) is 0 Å². The number of unbranched alkanes of at least 4 members (excludes halogenated alkanes) is 1. The maximum absolute atomic E-state index is 10.9. The second-order valence-electron chi connectivity index (χ2n) is 5.76. The molecule has 0 heterocycles. The lowest BCUT2D eigenvalue weighted by Gasteiger charge is -2.18. The zero-order valence-corrected chi connectivity index (χ0v) is 12.6. The number of aliphatic carboxylic acids is 1. The Hall–Kier alpha value is -1.55. The first kappa shape index (κ1) is 16.5. The van der Waals surface area contributed by atoms with Gasteiger partial charge in [-0.1, -0.05) is 26.0 Å². The summed E-state index contributed by atoms with van der Waals surface area (Å²) >= 11 is 0. The molecule has 1 unspecified atom stereocenters. The minimum Gasteiger partial charge on any atom is -0.494 e. The maximum atomic E-state index is 10.9. The number of nitrogens with two attached hydrogens (primary N) is 1. The highest BCUT2D eigenvalue weighted by Gasteiger charge is 2.26. The zero-order valence-electron chi connectivity index (χ0n) is 12.6. The van der Waals surface area contributed by atoms with Crippen molar-refractivity contribution in [2.75, 3.05) is 6.61 Å². The van der Waals surface area contributed by atoms with E-state index in [1.165, 1.54) is 5.56 Å². The normalized spacial score (nSPS) is 14.1. The fraction of sp³-hybridized carbons (Fsp3) is 0.562. The summed E-state index contributed by atoms with van der Waals surface area (Å²) in [5.41, 5.74) is 5.78. The van der Waals surface area contributed by atoms with Crippen molar-refractivity contribution in [1.29, 1.82) is 0 Å². The lowest BCUT2D eigenvalue weighted by molar-refractivity contribution is -0.142. The molecule has 0 saturated carbocycles. The monoisotopic (exact) mass is 279 g/mol. The molecule has 0 aliphatic rings. The largest absolute Gasteiger partial charge is 0.494 e. The Kier molecular flexibility index (Phi) is 6.02. The Morgan fingerprint density at radius 2 is 2.10 bits per heavy atom. The van der Waals surface area contributed by atoms with Crippen LogP contribution in [0.15, 0.2) is 24.3 Å². The fourth-order valence-corrected chi connectivity index (χ4v) is 1.85. The minimum atomic E-state index is -1.14. The summed E-state index contributed by atoms with van der Waals surface area (Å²) in [6, 6.07) is 8.07. The number of carboxylic acid groups (broad SMARTS) is 1. The van der Waals surface area contributed by atoms with Gasteiger partial charge in [0.2, 0.25) is 0 Å². The molecule has 1 aromatic rings. The van der Waals surface area contributed by atoms with Crippen LogP contribution in [0.3, 0.4) is 0 Å². The number of benzene rings is 1. The first-order valence-corrected chi connectivity index (χ1v) is 7.08. The second-order valence-corrected chi connectivity index (χ2v) is 5.76. The molecule has 20 heavy (non-hydrogen) atoms. The van der Waals surface area contributed by atoms with Crippen molar-refractivity contribution in [3.8, 4) is 5.75 Å². The van der Waals surface area contributed by atoms with Crippen LogP contribution in [0, 0.1) is 0 Å². The van der Waals surface area contributed by atoms with E-state index in [1.54, 1.807) is 6.92 Å². The number of carbonyl (C=O) groups is 1. The summed E-state index contributed by atoms with van der Waals surface area (Å²) in [6.07, 6.45) is 1.99. The van der Waals surface area contributed by atoms with Gasteiger partial charge in [-0.15, -0.1) is 0 Å². The Balaban J connectivity index is 2.31. The first-order valence-electron chi connectivity index (χ1n) is 7.08. The molecular formula is C16H25NO3. The summed E-state index contributed by atoms with van der Waals surface area (Å²) in [6.45, 7) is 6.42. The molecule has 1 rings (SSSR count). The third kappa shape index (κ3) is 5.21. The van der Waals surface area contributed by atoms with Gasteiger partial charge < -0.3 is 15.6 Å². The van der Waals surface area contributed by atoms with Gasteiger partial charge in [-0.05, 0) is 49.8 Å². The van der Waals surface area contributed by atoms with Gasteiger partial charge in [0.15, 0.2) is 0 Å². The van der Waals surface area contributed by atoms with Crippen molar-refractivity contribution in [1.82, 2.24) is 0 Å². The molecule has 0 fully saturated rings. The van der Waals surface area contributed by atoms with Crippen molar-refractivity contribution in [2.45, 2.75) is 51.5 Å². The van der Waals surface area contributed by atoms with Crippen LogP contribution >= 0.6 is 0 Å². The van der Waals surface area contributed by atoms with Gasteiger partial charge in [-0.3, -0.25) is 4.79 Å². The lowest BCUT2D eigenvalue weighted by Crippen LogP contribution is -2.44. The van der Waals surface area contributed by atoms with E-state index >= 15 is 0 Å². The minimum absolute atomic E-state index is 0.456. The molecular weight excluding hydrogens is 254 g/mol. The van der Waals surface area contributed by atoms with Gasteiger partial charge in [-0.2, -0.15) is 0 Å². The number of ether oxygens (including phenoxy) is 1. The standard InChI is InChI=1S/C16H25NO3/c1-12(2)13-7-6-8-14(11-13)20-10-5-4-9-16(3,17)15(18)19/h6-8,11-12H,4-5,9-10,17H2,1-3H3,(H,18,19). The third-order valence-corrected chi connectivity index (χ3v) is 3.37. The summed E-state index contributed by atoms with van der Waals surface area (Å²) in [7, 11) is 0. The predicted octanol–water partition coefficient (Wildman–Crippen LogP) is 3.16. The molecule has 0 radical (unpaired) electrons. The highest BCUT2D eigenvalue weighted by atomic mass is 16.5. The first-order chi connectivity index (χ1) is 9.33. The van der Waals surface area contributed by atoms with Gasteiger partial charge in [0.05, 0.1) is 6.61 Å². The smallest absolute Gasteiger partial charge is 0.323 e. The molecule has 0 saturated heterocycles. The third-order valence-electron chi connectivity index (χ3n) is 3.37. The Morgan fingerprint density at radius 1 is 1.40 bits per heavy atom. The van der Waals surface area contributed by atoms with Gasteiger partial charge in [0.1, 0.15) is 11.3 Å². The van der Waals surface area contributed by atoms with Gasteiger partial charge in [-0.25, -0.2) is 0 Å². The predicted molar refractivity (Wildman–Crippen MR) is 80.1 cm³/mol. The quantitative estimate of drug-likeness (QED) is 0.717. The summed E-state index contributed by atoms with van der Waals surface area (Å²) in [5.74, 6) is 0.389. The molecule has 0 spiro atoms. The van der Waals surface area contributed by atoms with Crippen molar-refractivity contribution in [3.63, 3.8) is 0 Å². The van der Waals surface area contributed by atoms with Crippen LogP contribution < -0.4 is 10.5 Å². The Labute approximate surface area is 120 Å². The number of hydrogen-bond donors (Lipinski definition) is 2. The average molecular weight is 279 g/mol. The summed E-state index contributed by atoms with van der Waals surface area (Å²) in [4.78, 5) is 10.9. The second kappa shape index (κ2) is 7.29. The maximum Gasteiger partial charge on any atom is 0.323 e. The molecule has 0 aliphatic heterocycles. The molecule has 0 aliphatic carbocycles. The van der Waals surface area contributed by atoms with E-state index in [0.717, 1.165) is 18.6 Å². The van der Waals surface area contributed by atoms with E-state index in [-0.39, 0.29) is 0 Å². The van der Waals surface area contributed by atoms with Crippen LogP contribution in [-0.2, 0) is 4.79 Å². The van der Waals surface area contributed by atoms with E-state index in [0.29, 0.717) is 18.9 Å². The van der Waals surface area contributed by atoms with Gasteiger partial charge >= 0.3 is 5.97 Å². The Bertz CT molecular complexity index is 441. The van der Waals surface area contributed by atoms with E-state index in [1.807, 2.05) is 12.1 Å². The summed E-state index contributed by atoms with van der Waals surface area (Å²) in [5, 5.41) is 8.90. The van der Waals surface area contributed by atoms with Crippen molar-refractivity contribution < 1.29 is 14.6 Å². The average Bonchev–Trinajstić information content (AvgIpc) is 2.38. The van der Waals surface area contributed by atoms with Crippen LogP contribution in [-0.4, -0.2) is 23.2 Å². The lowest BCUT2D eigenvalue weighted by atomic mass is 9.97. The molecule has 1 atom stereocenters. The molecule has 4 nitrogen and oxygen atoms in total. The molecule has 0 bridgehead atoms. The van der Waals surface area contributed by atoms with E-state index in [2.05, 4.69) is 26.0 Å². The molecule has 112 valence electrons. The van der Waals surface area contributed by atoms with Crippen LogP contribution in [0.2, 0.25) is 0 Å². The number of carboxylic acids is 1. The van der Waals surface area contributed by atoms with Crippen molar-refractivity contribution in [3.05, 3.63) is 29.8 Å². The Morgan fingerprint density at radius 3 is 2.70 bits per heavy atom. The van der Waals surface area contributed by atoms with Crippen LogP contribution in [0.5, 0.6) is 5.75 Å². The van der Waals surface area contributed by atoms with E-state index < -0.39 is 11.5 Å². The van der Waals surface area contributed by atoms with E-state index in [4.69, 9.17) is 15.6 Å². The van der Waals surface area contributed by atoms with Crippen LogP contribution in [0.25, 0.3) is 0 Å². The molecule has 1 aromatic carbocycles. The topological polar surface area (TPSA) is 72.5 Å². The van der Waals surface area contributed by atoms with Crippen LogP contribution in [0.1, 0.15) is 51.5 Å². The van der Waals surface area contributed by atoms with Crippen molar-refractivity contribution in [2.24, 2.45) is 5.73 Å². The highest BCUT2D eigenvalue weighted by molar-refractivity contribution is 5.77. The van der Waals surface area contributed by atoms with Crippen molar-refractivity contribution >= 4 is 5.97 Å². The number of hydrogen-bond acceptors (Lipinski definition) is 3. The SMILES string of the molecule is CC(C)c1cccc(OCCCCC(C)(N)C(=O)O)c1. The van der Waals surface area contributed by atoms with E-state index in [9.17, 15) is 4.79 Å². The molecule has 3 N–H and O–H groups in total. The molecule has 0 aromatic heterocycles. The zero-order chi connectivity index (χ0) is 15.2. The van der Waals surface area contributed by atoms with Gasteiger partial charge in [0.25, 0.3) is 0 Å². The fourth-order valence-electron chi connectivity index (χ4n) is 1.85. The molecule has 4 heteroatoms. The highest BCUT2D eigenvalue weighted by Crippen LogP contribution is 2.20.